The molecule has 0 atom stereocenters. The molecule has 138 valence electrons. The average Bonchev–Trinajstić information content (AvgIpc) is 2.98. The summed E-state index contributed by atoms with van der Waals surface area (Å²) in [7, 11) is -4.04. The third-order valence-corrected chi connectivity index (χ3v) is 5.31. The predicted molar refractivity (Wildman–Crippen MR) is 95.3 cm³/mol. The fourth-order valence-corrected chi connectivity index (χ4v) is 3.69. The zero-order valence-corrected chi connectivity index (χ0v) is 15.1. The van der Waals surface area contributed by atoms with Crippen molar-refractivity contribution in [2.75, 3.05) is 24.5 Å². The molecular weight excluding hydrogens is 359 g/mol. The van der Waals surface area contributed by atoms with Crippen molar-refractivity contribution in [3.05, 3.63) is 54.3 Å². The average molecular weight is 378 g/mol. The van der Waals surface area contributed by atoms with Crippen molar-refractivity contribution in [1.82, 2.24) is 4.90 Å². The van der Waals surface area contributed by atoms with Gasteiger partial charge in [0.25, 0.3) is 0 Å². The van der Waals surface area contributed by atoms with E-state index in [1.807, 2.05) is 6.92 Å². The number of amides is 2. The molecule has 2 aromatic carbocycles. The molecule has 1 heterocycles. The molecule has 2 aromatic rings. The van der Waals surface area contributed by atoms with Crippen molar-refractivity contribution >= 4 is 21.8 Å². The third-order valence-electron chi connectivity index (χ3n) is 4.05. The number of halogens is 1. The van der Waals surface area contributed by atoms with Crippen LogP contribution < -0.4 is 9.08 Å². The molecule has 26 heavy (non-hydrogen) atoms. The molecule has 1 fully saturated rings. The minimum absolute atomic E-state index is 0.0282. The highest BCUT2D eigenvalue weighted by atomic mass is 32.2. The Morgan fingerprint density at radius 1 is 1.04 bits per heavy atom. The van der Waals surface area contributed by atoms with Gasteiger partial charge < -0.3 is 9.08 Å². The van der Waals surface area contributed by atoms with Crippen LogP contribution in [-0.2, 0) is 10.1 Å². The van der Waals surface area contributed by atoms with Crippen molar-refractivity contribution in [2.45, 2.75) is 18.2 Å². The summed E-state index contributed by atoms with van der Waals surface area (Å²) in [5, 5.41) is 0. The number of carbonyl (C=O) groups is 1. The van der Waals surface area contributed by atoms with Crippen molar-refractivity contribution < 1.29 is 21.8 Å². The molecule has 0 radical (unpaired) electrons. The van der Waals surface area contributed by atoms with Crippen LogP contribution in [0.1, 0.15) is 13.3 Å². The maximum atomic E-state index is 12.9. The number of hydrogen-bond donors (Lipinski definition) is 0. The Hall–Kier alpha value is -2.61. The second-order valence-electron chi connectivity index (χ2n) is 5.91. The second-order valence-corrected chi connectivity index (χ2v) is 7.45. The minimum Gasteiger partial charge on any atom is -0.379 e. The Bertz CT molecular complexity index is 882. The van der Waals surface area contributed by atoms with Crippen LogP contribution in [0.3, 0.4) is 0 Å². The Labute approximate surface area is 151 Å². The lowest BCUT2D eigenvalue weighted by Crippen LogP contribution is -2.32. The fourth-order valence-electron chi connectivity index (χ4n) is 2.76. The fraction of sp³-hybridized carbons (Fsp3) is 0.278. The molecule has 3 rings (SSSR count). The lowest BCUT2D eigenvalue weighted by Gasteiger charge is -2.18. The van der Waals surface area contributed by atoms with E-state index in [9.17, 15) is 17.6 Å². The summed E-state index contributed by atoms with van der Waals surface area (Å²) in [5.74, 6) is -0.452. The van der Waals surface area contributed by atoms with E-state index in [1.54, 1.807) is 21.9 Å². The van der Waals surface area contributed by atoms with Gasteiger partial charge in [-0.2, -0.15) is 8.42 Å². The van der Waals surface area contributed by atoms with Gasteiger partial charge in [0.15, 0.2) is 0 Å². The number of nitrogens with zero attached hydrogens (tertiary/aromatic N) is 2. The highest BCUT2D eigenvalue weighted by Gasteiger charge is 2.29. The number of anilines is 1. The summed E-state index contributed by atoms with van der Waals surface area (Å²) < 4.78 is 42.5. The normalized spacial score (nSPS) is 14.8. The first kappa shape index (κ1) is 18.2. The molecule has 0 aromatic heterocycles. The van der Waals surface area contributed by atoms with E-state index >= 15 is 0 Å². The van der Waals surface area contributed by atoms with Gasteiger partial charge in [-0.15, -0.1) is 0 Å². The van der Waals surface area contributed by atoms with Crippen LogP contribution in [-0.4, -0.2) is 39.0 Å². The monoisotopic (exact) mass is 378 g/mol. The summed E-state index contributed by atoms with van der Waals surface area (Å²) in [6.45, 7) is 3.93. The third kappa shape index (κ3) is 3.80. The molecular formula is C18H19FN2O4S. The standard InChI is InChI=1S/C18H19FN2O4S/c1-2-11-20-12-13-21(18(20)22)15-5-9-17(10-6-15)26(23,24)25-16-7-3-14(19)4-8-16/h3-10H,2,11-13H2,1H3. The van der Waals surface area contributed by atoms with Crippen LogP contribution in [0, 0.1) is 5.82 Å². The number of rotatable bonds is 6. The van der Waals surface area contributed by atoms with Crippen LogP contribution in [0.2, 0.25) is 0 Å². The van der Waals surface area contributed by atoms with Gasteiger partial charge in [-0.05, 0) is 55.0 Å². The zero-order valence-electron chi connectivity index (χ0n) is 14.3. The first-order valence-electron chi connectivity index (χ1n) is 8.27. The largest absolute Gasteiger partial charge is 0.379 e. The van der Waals surface area contributed by atoms with Gasteiger partial charge in [0.05, 0.1) is 0 Å². The Morgan fingerprint density at radius 2 is 1.69 bits per heavy atom. The lowest BCUT2D eigenvalue weighted by molar-refractivity contribution is 0.220. The molecule has 6 nitrogen and oxygen atoms in total. The van der Waals surface area contributed by atoms with Crippen molar-refractivity contribution in [3.8, 4) is 5.75 Å². The zero-order chi connectivity index (χ0) is 18.7. The molecule has 0 saturated carbocycles. The van der Waals surface area contributed by atoms with Gasteiger partial charge in [0.2, 0.25) is 0 Å². The molecule has 0 bridgehead atoms. The summed E-state index contributed by atoms with van der Waals surface area (Å²) in [5.41, 5.74) is 0.634. The van der Waals surface area contributed by atoms with Gasteiger partial charge in [-0.25, -0.2) is 9.18 Å². The van der Waals surface area contributed by atoms with Crippen LogP contribution in [0.25, 0.3) is 0 Å². The minimum atomic E-state index is -4.04. The Kier molecular flexibility index (Phi) is 5.13. The Balaban J connectivity index is 1.74. The van der Waals surface area contributed by atoms with Gasteiger partial charge >= 0.3 is 16.1 Å². The summed E-state index contributed by atoms with van der Waals surface area (Å²) in [6.07, 6.45) is 0.886. The number of hydrogen-bond acceptors (Lipinski definition) is 4. The highest BCUT2D eigenvalue weighted by Crippen LogP contribution is 2.24. The van der Waals surface area contributed by atoms with E-state index < -0.39 is 15.9 Å². The molecule has 0 spiro atoms. The smallest absolute Gasteiger partial charge is 0.339 e. The van der Waals surface area contributed by atoms with Gasteiger partial charge in [-0.1, -0.05) is 6.92 Å². The van der Waals surface area contributed by atoms with Crippen molar-refractivity contribution in [2.24, 2.45) is 0 Å². The van der Waals surface area contributed by atoms with E-state index in [-0.39, 0.29) is 16.7 Å². The Morgan fingerprint density at radius 3 is 2.31 bits per heavy atom. The van der Waals surface area contributed by atoms with Crippen LogP contribution in [0.4, 0.5) is 14.9 Å². The van der Waals surface area contributed by atoms with Crippen molar-refractivity contribution in [3.63, 3.8) is 0 Å². The summed E-state index contributed by atoms with van der Waals surface area (Å²) in [6, 6.07) is 10.6. The molecule has 8 heteroatoms. The summed E-state index contributed by atoms with van der Waals surface area (Å²) >= 11 is 0. The van der Waals surface area contributed by atoms with Crippen molar-refractivity contribution in [1.29, 1.82) is 0 Å². The second kappa shape index (κ2) is 7.33. The quantitative estimate of drug-likeness (QED) is 0.724. The lowest BCUT2D eigenvalue weighted by atomic mass is 10.3. The molecule has 1 saturated heterocycles. The molecule has 1 aliphatic rings. The molecule has 0 aliphatic carbocycles. The van der Waals surface area contributed by atoms with E-state index in [0.717, 1.165) is 18.6 Å². The first-order chi connectivity index (χ1) is 12.4. The number of benzene rings is 2. The molecule has 2 amide bonds. The van der Waals surface area contributed by atoms with Gasteiger partial charge in [-0.3, -0.25) is 4.90 Å². The van der Waals surface area contributed by atoms with Gasteiger partial charge in [0, 0.05) is 25.3 Å². The van der Waals surface area contributed by atoms with E-state index in [4.69, 9.17) is 4.18 Å². The molecule has 1 aliphatic heterocycles. The van der Waals surface area contributed by atoms with E-state index in [2.05, 4.69) is 0 Å². The van der Waals surface area contributed by atoms with Crippen LogP contribution in [0.15, 0.2) is 53.4 Å². The highest BCUT2D eigenvalue weighted by molar-refractivity contribution is 7.87. The molecule has 0 unspecified atom stereocenters. The number of urea groups is 1. The van der Waals surface area contributed by atoms with E-state index in [1.165, 1.54) is 24.3 Å². The maximum absolute atomic E-state index is 12.9. The molecule has 0 N–H and O–H groups in total. The topological polar surface area (TPSA) is 66.9 Å². The van der Waals surface area contributed by atoms with Crippen LogP contribution in [0.5, 0.6) is 5.75 Å². The van der Waals surface area contributed by atoms with Crippen LogP contribution >= 0.6 is 0 Å². The first-order valence-corrected chi connectivity index (χ1v) is 9.68. The van der Waals surface area contributed by atoms with Gasteiger partial charge in [0.1, 0.15) is 16.5 Å². The maximum Gasteiger partial charge on any atom is 0.339 e. The number of carbonyl (C=O) groups excluding carboxylic acids is 1. The van der Waals surface area contributed by atoms with E-state index in [0.29, 0.717) is 25.3 Å². The predicted octanol–water partition coefficient (Wildman–Crippen LogP) is 3.25. The summed E-state index contributed by atoms with van der Waals surface area (Å²) in [4.78, 5) is 15.7. The SMILES string of the molecule is CCCN1CCN(c2ccc(S(=O)(=O)Oc3ccc(F)cc3)cc2)C1=O.